The number of aliphatic imine (C=N–C) groups is 2. The molecule has 234 valence electrons. The Morgan fingerprint density at radius 1 is 1.05 bits per heavy atom. The molecule has 1 amide bonds. The number of aromatic nitrogens is 1. The molecule has 1 unspecified atom stereocenters. The van der Waals surface area contributed by atoms with Crippen LogP contribution in [-0.4, -0.2) is 53.5 Å². The van der Waals surface area contributed by atoms with Gasteiger partial charge in [-0.3, -0.25) is 14.8 Å². The van der Waals surface area contributed by atoms with E-state index in [2.05, 4.69) is 53.7 Å². The Morgan fingerprint density at radius 2 is 1.67 bits per heavy atom. The molecular formula is C36H58N4O2. The average Bonchev–Trinajstić information content (AvgIpc) is 3.69. The lowest BCUT2D eigenvalue weighted by Crippen LogP contribution is -2.24. The number of aromatic amines is 1. The number of aliphatic hydroxyl groups excluding tert-OH is 1. The van der Waals surface area contributed by atoms with Crippen LogP contribution in [0.15, 0.2) is 76.0 Å². The number of aliphatic hydroxyl groups is 1. The second-order valence-corrected chi connectivity index (χ2v) is 9.59. The highest BCUT2D eigenvalue weighted by molar-refractivity contribution is 5.83. The first-order chi connectivity index (χ1) is 19.7. The molecule has 4 rings (SSSR count). The van der Waals surface area contributed by atoms with Crippen molar-refractivity contribution in [1.82, 2.24) is 9.88 Å². The largest absolute Gasteiger partial charge is 0.396 e. The van der Waals surface area contributed by atoms with Crippen molar-refractivity contribution >= 4 is 35.4 Å². The second-order valence-electron chi connectivity index (χ2n) is 9.59. The van der Waals surface area contributed by atoms with Crippen molar-refractivity contribution in [3.8, 4) is 0 Å². The number of fused-ring (bicyclic) bond motifs is 1. The number of benzene rings is 2. The first-order valence-corrected chi connectivity index (χ1v) is 14.9. The molecule has 0 saturated carbocycles. The molecular weight excluding hydrogens is 520 g/mol. The van der Waals surface area contributed by atoms with Gasteiger partial charge in [0.2, 0.25) is 5.91 Å². The maximum absolute atomic E-state index is 10.6. The van der Waals surface area contributed by atoms with E-state index in [4.69, 9.17) is 5.11 Å². The normalized spacial score (nSPS) is 13.0. The van der Waals surface area contributed by atoms with Gasteiger partial charge in [0.25, 0.3) is 0 Å². The van der Waals surface area contributed by atoms with Crippen LogP contribution in [0.2, 0.25) is 0 Å². The molecule has 0 radical (unpaired) electrons. The molecule has 3 aromatic rings. The molecule has 1 fully saturated rings. The van der Waals surface area contributed by atoms with Gasteiger partial charge in [0.1, 0.15) is 0 Å². The smallest absolute Gasteiger partial charge is 0.219 e. The minimum atomic E-state index is 0. The van der Waals surface area contributed by atoms with Crippen molar-refractivity contribution in [2.75, 3.05) is 19.7 Å². The van der Waals surface area contributed by atoms with E-state index in [1.165, 1.54) is 34.9 Å². The summed E-state index contributed by atoms with van der Waals surface area (Å²) in [5.41, 5.74) is 6.59. The number of H-pyrrole nitrogens is 1. The van der Waals surface area contributed by atoms with E-state index in [0.29, 0.717) is 5.92 Å². The van der Waals surface area contributed by atoms with Crippen LogP contribution in [0, 0.1) is 12.8 Å². The molecule has 6 nitrogen and oxygen atoms in total. The summed E-state index contributed by atoms with van der Waals surface area (Å²) in [6.07, 6.45) is 7.18. The number of hydrogen-bond acceptors (Lipinski definition) is 4. The maximum atomic E-state index is 10.6. The third-order valence-electron chi connectivity index (χ3n) is 6.32. The van der Waals surface area contributed by atoms with Crippen molar-refractivity contribution in [2.45, 2.75) is 89.0 Å². The van der Waals surface area contributed by atoms with Crippen LogP contribution < -0.4 is 0 Å². The van der Waals surface area contributed by atoms with Gasteiger partial charge in [-0.05, 0) is 87.6 Å². The minimum absolute atomic E-state index is 0. The van der Waals surface area contributed by atoms with Crippen molar-refractivity contribution in [3.05, 3.63) is 77.1 Å². The van der Waals surface area contributed by atoms with Gasteiger partial charge in [-0.25, -0.2) is 0 Å². The van der Waals surface area contributed by atoms with Gasteiger partial charge in [0.05, 0.1) is 5.69 Å². The van der Waals surface area contributed by atoms with Crippen LogP contribution in [-0.2, 0) is 11.2 Å². The van der Waals surface area contributed by atoms with E-state index < -0.39 is 0 Å². The summed E-state index contributed by atoms with van der Waals surface area (Å²) >= 11 is 0. The number of hydrogen-bond donors (Lipinski definition) is 2. The van der Waals surface area contributed by atoms with E-state index in [1.54, 1.807) is 6.92 Å². The van der Waals surface area contributed by atoms with E-state index in [0.717, 1.165) is 36.5 Å². The van der Waals surface area contributed by atoms with Crippen LogP contribution in [0.4, 0.5) is 5.69 Å². The van der Waals surface area contributed by atoms with Crippen LogP contribution in [0.1, 0.15) is 86.8 Å². The predicted molar refractivity (Wildman–Crippen MR) is 186 cm³/mol. The number of aryl methyl sites for hydroxylation is 1. The summed E-state index contributed by atoms with van der Waals surface area (Å²) in [5, 5.41) is 10.3. The number of likely N-dealkylation sites (tertiary alicyclic amines) is 1. The lowest BCUT2D eigenvalue weighted by molar-refractivity contribution is -0.127. The Hall–Kier alpha value is -3.51. The van der Waals surface area contributed by atoms with E-state index in [-0.39, 0.29) is 19.9 Å². The lowest BCUT2D eigenvalue weighted by Gasteiger charge is -2.10. The zero-order valence-corrected chi connectivity index (χ0v) is 27.0. The van der Waals surface area contributed by atoms with Crippen molar-refractivity contribution in [3.63, 3.8) is 0 Å². The van der Waals surface area contributed by atoms with Gasteiger partial charge in [0, 0.05) is 55.6 Å². The first kappa shape index (κ1) is 40.6. The highest BCUT2D eigenvalue weighted by Crippen LogP contribution is 2.20. The van der Waals surface area contributed by atoms with Crippen LogP contribution in [0.3, 0.4) is 0 Å². The summed E-state index contributed by atoms with van der Waals surface area (Å²) in [4.78, 5) is 23.9. The molecule has 0 bridgehead atoms. The van der Waals surface area contributed by atoms with Gasteiger partial charge in [-0.2, -0.15) is 0 Å². The average molecular weight is 579 g/mol. The first-order valence-electron chi connectivity index (χ1n) is 14.9. The summed E-state index contributed by atoms with van der Waals surface area (Å²) in [6.45, 7) is 23.3. The van der Waals surface area contributed by atoms with Gasteiger partial charge in [-0.1, -0.05) is 72.4 Å². The SMILES string of the molecule is C.C=N/C(C)=C(/C)C=Nc1cccc(C)c1.CC.CC.CC(=O)N1CCCC1.CC(CO)Cc1c[nH]c2ccccc12. The highest BCUT2D eigenvalue weighted by atomic mass is 16.3. The number of allylic oxidation sites excluding steroid dienone is 2. The van der Waals surface area contributed by atoms with Gasteiger partial charge in [-0.15, -0.1) is 0 Å². The third-order valence-corrected chi connectivity index (χ3v) is 6.32. The predicted octanol–water partition coefficient (Wildman–Crippen LogP) is 9.35. The fourth-order valence-electron chi connectivity index (χ4n) is 3.87. The summed E-state index contributed by atoms with van der Waals surface area (Å²) in [5.74, 6) is 0.553. The fraction of sp³-hybridized carbons (Fsp3) is 0.472. The molecule has 2 aromatic carbocycles. The number of nitrogens with one attached hydrogen (secondary N) is 1. The van der Waals surface area contributed by atoms with Crippen LogP contribution in [0.5, 0.6) is 0 Å². The number of amides is 1. The van der Waals surface area contributed by atoms with E-state index in [1.807, 2.05) is 89.2 Å². The Balaban J connectivity index is 0. The number of carbonyl (C=O) groups excluding carboxylic acids is 1. The zero-order valence-electron chi connectivity index (χ0n) is 27.0. The van der Waals surface area contributed by atoms with E-state index in [9.17, 15) is 4.79 Å². The third kappa shape index (κ3) is 15.5. The Bertz CT molecular complexity index is 1200. The van der Waals surface area contributed by atoms with Crippen molar-refractivity contribution in [1.29, 1.82) is 0 Å². The molecule has 1 aliphatic heterocycles. The number of para-hydroxylation sites is 1. The van der Waals surface area contributed by atoms with Crippen LogP contribution >= 0.6 is 0 Å². The molecule has 0 spiro atoms. The molecule has 2 N–H and O–H groups in total. The lowest BCUT2D eigenvalue weighted by atomic mass is 10.0. The van der Waals surface area contributed by atoms with E-state index >= 15 is 0 Å². The fourth-order valence-corrected chi connectivity index (χ4v) is 3.87. The summed E-state index contributed by atoms with van der Waals surface area (Å²) in [6, 6.07) is 16.3. The molecule has 0 aliphatic carbocycles. The Morgan fingerprint density at radius 3 is 2.19 bits per heavy atom. The molecule has 6 heteroatoms. The number of rotatable bonds is 6. The molecule has 42 heavy (non-hydrogen) atoms. The molecule has 2 heterocycles. The molecule has 1 saturated heterocycles. The van der Waals surface area contributed by atoms with Crippen LogP contribution in [0.25, 0.3) is 10.9 Å². The molecule has 1 atom stereocenters. The quantitative estimate of drug-likeness (QED) is 0.286. The standard InChI is InChI=1S/C13H16N2.C12H15NO.C6H11NO.2C2H6.CH4/c1-10-6-5-7-13(8-10)15-9-11(2)12(3)14-4;1-9(8-14)6-10-7-13-12-5-3-2-4-11(10)12;1-6(8)7-4-2-3-5-7;2*1-2;/h5-9H,4H2,1-3H3;2-5,7,9,13-14H,6,8H2,1H3;2-5H2,1H3;2*1-2H3;1H4/b12-11-,15-9?;;;;;. The molecule has 1 aromatic heterocycles. The maximum Gasteiger partial charge on any atom is 0.219 e. The number of nitrogens with zero attached hydrogens (tertiary/aromatic N) is 3. The monoisotopic (exact) mass is 578 g/mol. The highest BCUT2D eigenvalue weighted by Gasteiger charge is 2.12. The number of carbonyl (C=O) groups is 1. The van der Waals surface area contributed by atoms with Gasteiger partial charge < -0.3 is 15.0 Å². The van der Waals surface area contributed by atoms with Crippen molar-refractivity contribution < 1.29 is 9.90 Å². The molecule has 1 aliphatic rings. The second kappa shape index (κ2) is 24.1. The zero-order chi connectivity index (χ0) is 31.2. The topological polar surface area (TPSA) is 81.1 Å². The van der Waals surface area contributed by atoms with Gasteiger partial charge in [0.15, 0.2) is 0 Å². The van der Waals surface area contributed by atoms with Crippen molar-refractivity contribution in [2.24, 2.45) is 15.9 Å². The Kier molecular flexibility index (Phi) is 23.3. The van der Waals surface area contributed by atoms with Gasteiger partial charge >= 0.3 is 0 Å². The summed E-state index contributed by atoms with van der Waals surface area (Å²) < 4.78 is 0. The minimum Gasteiger partial charge on any atom is -0.396 e. The summed E-state index contributed by atoms with van der Waals surface area (Å²) in [7, 11) is 0. The Labute approximate surface area is 256 Å².